The van der Waals surface area contributed by atoms with Gasteiger partial charge in [0.25, 0.3) is 5.91 Å². The van der Waals surface area contributed by atoms with E-state index >= 15 is 0 Å². The fraction of sp³-hybridized carbons (Fsp3) is 0.400. The van der Waals surface area contributed by atoms with E-state index in [0.29, 0.717) is 9.23 Å². The molecule has 2 N–H and O–H groups in total. The molecule has 1 saturated heterocycles. The molecule has 1 aromatic heterocycles. The molecule has 7 nitrogen and oxygen atoms in total. The Morgan fingerprint density at radius 3 is 2.76 bits per heavy atom. The van der Waals surface area contributed by atoms with Crippen LogP contribution in [0.5, 0.6) is 0 Å². The van der Waals surface area contributed by atoms with Crippen LogP contribution in [0.4, 0.5) is 5.69 Å². The average Bonchev–Trinajstić information content (AvgIpc) is 3.20. The van der Waals surface area contributed by atoms with E-state index in [0.717, 1.165) is 17.2 Å². The number of aromatic amines is 1. The van der Waals surface area contributed by atoms with Crippen molar-refractivity contribution < 1.29 is 9.32 Å². The first-order valence-corrected chi connectivity index (χ1v) is 10.8. The molecule has 1 aromatic carbocycles. The number of nitrogens with one attached hydrogen (secondary N) is 2. The van der Waals surface area contributed by atoms with E-state index in [1.807, 2.05) is 31.3 Å². The van der Waals surface area contributed by atoms with Crippen molar-refractivity contribution in [3.63, 3.8) is 0 Å². The summed E-state index contributed by atoms with van der Waals surface area (Å²) in [6, 6.07) is 7.67. The summed E-state index contributed by atoms with van der Waals surface area (Å²) >= 11 is 6.44. The molecule has 154 valence electrons. The second-order valence-electron chi connectivity index (χ2n) is 6.89. The van der Waals surface area contributed by atoms with Crippen LogP contribution in [0.1, 0.15) is 44.0 Å². The van der Waals surface area contributed by atoms with Gasteiger partial charge in [0, 0.05) is 12.7 Å². The maximum absolute atomic E-state index is 12.5. The van der Waals surface area contributed by atoms with E-state index in [9.17, 15) is 9.59 Å². The Morgan fingerprint density at radius 1 is 1.41 bits per heavy atom. The largest absolute Gasteiger partial charge is 0.438 e. The summed E-state index contributed by atoms with van der Waals surface area (Å²) in [6.45, 7) is 2.36. The second-order valence-corrected chi connectivity index (χ2v) is 8.57. The highest BCUT2D eigenvalue weighted by Crippen LogP contribution is 2.33. The normalized spacial score (nSPS) is 17.9. The zero-order chi connectivity index (χ0) is 20.8. The van der Waals surface area contributed by atoms with Crippen LogP contribution in [-0.2, 0) is 11.3 Å². The SMILES string of the molecule is CCC1CCC1.CNc1cccc(C=C2SC(=S)N(Cc3noc(=O)[nH]3)C2=O)c1. The highest BCUT2D eigenvalue weighted by Gasteiger charge is 2.32. The van der Waals surface area contributed by atoms with E-state index in [1.54, 1.807) is 6.08 Å². The molecule has 4 rings (SSSR count). The highest BCUT2D eigenvalue weighted by molar-refractivity contribution is 8.26. The zero-order valence-electron chi connectivity index (χ0n) is 16.4. The van der Waals surface area contributed by atoms with Crippen molar-refractivity contribution in [2.24, 2.45) is 5.92 Å². The first-order valence-electron chi connectivity index (χ1n) is 9.58. The zero-order valence-corrected chi connectivity index (χ0v) is 18.1. The van der Waals surface area contributed by atoms with Gasteiger partial charge in [0.15, 0.2) is 5.82 Å². The molecule has 1 aliphatic heterocycles. The lowest BCUT2D eigenvalue weighted by Gasteiger charge is -2.22. The number of rotatable bonds is 5. The average molecular weight is 433 g/mol. The summed E-state index contributed by atoms with van der Waals surface area (Å²) in [6.07, 6.45) is 7.72. The fourth-order valence-corrected chi connectivity index (χ4v) is 4.21. The molecule has 2 heterocycles. The van der Waals surface area contributed by atoms with Gasteiger partial charge in [-0.15, -0.1) is 0 Å². The molecule has 29 heavy (non-hydrogen) atoms. The van der Waals surface area contributed by atoms with Crippen LogP contribution in [0.2, 0.25) is 0 Å². The van der Waals surface area contributed by atoms with E-state index in [4.69, 9.17) is 12.2 Å². The molecular formula is C20H24N4O3S2. The smallest absolute Gasteiger partial charge is 0.388 e. The number of H-pyrrole nitrogens is 1. The molecule has 2 aliphatic rings. The van der Waals surface area contributed by atoms with Gasteiger partial charge in [0.05, 0.1) is 11.4 Å². The molecule has 0 atom stereocenters. The molecule has 2 fully saturated rings. The van der Waals surface area contributed by atoms with E-state index in [1.165, 1.54) is 42.3 Å². The Hall–Kier alpha value is -2.39. The summed E-state index contributed by atoms with van der Waals surface area (Å²) in [5.74, 6) is 0.485. The van der Waals surface area contributed by atoms with Gasteiger partial charge in [-0.05, 0) is 29.7 Å². The van der Waals surface area contributed by atoms with Crippen molar-refractivity contribution in [2.45, 2.75) is 39.2 Å². The maximum Gasteiger partial charge on any atom is 0.438 e. The first kappa shape index (κ1) is 21.3. The predicted octanol–water partition coefficient (Wildman–Crippen LogP) is 4.00. The third-order valence-corrected chi connectivity index (χ3v) is 6.32. The summed E-state index contributed by atoms with van der Waals surface area (Å²) < 4.78 is 4.83. The monoisotopic (exact) mass is 432 g/mol. The van der Waals surface area contributed by atoms with E-state index < -0.39 is 5.76 Å². The Balaban J connectivity index is 0.000000343. The van der Waals surface area contributed by atoms with Gasteiger partial charge in [-0.1, -0.05) is 73.9 Å². The number of thiocarbonyl (C=S) groups is 1. The molecule has 2 aromatic rings. The molecule has 1 saturated carbocycles. The van der Waals surface area contributed by atoms with Crippen molar-refractivity contribution >= 4 is 46.0 Å². The number of carbonyl (C=O) groups excluding carboxylic acids is 1. The molecule has 0 spiro atoms. The van der Waals surface area contributed by atoms with Crippen molar-refractivity contribution in [3.8, 4) is 0 Å². The van der Waals surface area contributed by atoms with Crippen LogP contribution in [0.3, 0.4) is 0 Å². The van der Waals surface area contributed by atoms with Crippen molar-refractivity contribution in [2.75, 3.05) is 12.4 Å². The minimum absolute atomic E-state index is 0.0737. The Morgan fingerprint density at radius 2 is 2.21 bits per heavy atom. The van der Waals surface area contributed by atoms with Gasteiger partial charge < -0.3 is 5.32 Å². The van der Waals surface area contributed by atoms with Crippen molar-refractivity contribution in [3.05, 3.63) is 51.1 Å². The predicted molar refractivity (Wildman–Crippen MR) is 119 cm³/mol. The minimum atomic E-state index is -0.662. The lowest BCUT2D eigenvalue weighted by atomic mass is 9.84. The van der Waals surface area contributed by atoms with Gasteiger partial charge in [0.2, 0.25) is 0 Å². The minimum Gasteiger partial charge on any atom is -0.388 e. The number of amides is 1. The number of aromatic nitrogens is 2. The van der Waals surface area contributed by atoms with Crippen molar-refractivity contribution in [1.82, 2.24) is 15.0 Å². The summed E-state index contributed by atoms with van der Waals surface area (Å²) in [4.78, 5) is 27.7. The lowest BCUT2D eigenvalue weighted by molar-refractivity contribution is -0.122. The standard InChI is InChI=1S/C14H12N4O3S2.C6H12/c1-15-9-4-2-3-8(5-9)6-10-12(19)18(14(22)23-10)7-11-16-13(20)21-17-11;1-2-6-4-3-5-6/h2-6,15H,7H2,1H3,(H,16,17,20);6H,2-5H2,1H3. The summed E-state index contributed by atoms with van der Waals surface area (Å²) in [5.41, 5.74) is 1.85. The number of carbonyl (C=O) groups is 1. The van der Waals surface area contributed by atoms with Crippen LogP contribution in [-0.4, -0.2) is 32.3 Å². The summed E-state index contributed by atoms with van der Waals surface area (Å²) in [7, 11) is 1.83. The van der Waals surface area contributed by atoms with Gasteiger partial charge >= 0.3 is 5.76 Å². The third-order valence-electron chi connectivity index (χ3n) is 4.94. The Labute approximate surface area is 178 Å². The van der Waals surface area contributed by atoms with Crippen molar-refractivity contribution in [1.29, 1.82) is 0 Å². The van der Waals surface area contributed by atoms with Crippen LogP contribution >= 0.6 is 24.0 Å². The Kier molecular flexibility index (Phi) is 7.27. The van der Waals surface area contributed by atoms with Crippen LogP contribution in [0.25, 0.3) is 6.08 Å². The lowest BCUT2D eigenvalue weighted by Crippen LogP contribution is -2.28. The number of benzene rings is 1. The molecule has 0 radical (unpaired) electrons. The second kappa shape index (κ2) is 9.89. The highest BCUT2D eigenvalue weighted by atomic mass is 32.2. The molecule has 0 unspecified atom stereocenters. The number of thioether (sulfide) groups is 1. The fourth-order valence-electron chi connectivity index (χ4n) is 2.95. The van der Waals surface area contributed by atoms with Gasteiger partial charge in [-0.3, -0.25) is 19.2 Å². The van der Waals surface area contributed by atoms with E-state index in [2.05, 4.69) is 26.9 Å². The van der Waals surface area contributed by atoms with Gasteiger partial charge in [-0.2, -0.15) is 0 Å². The molecule has 0 bridgehead atoms. The maximum atomic E-state index is 12.5. The van der Waals surface area contributed by atoms with Gasteiger partial charge in [0.1, 0.15) is 4.32 Å². The number of hydrogen-bond acceptors (Lipinski definition) is 7. The Bertz CT molecular complexity index is 960. The summed E-state index contributed by atoms with van der Waals surface area (Å²) in [5, 5.41) is 6.59. The molecule has 9 heteroatoms. The number of hydrogen-bond donors (Lipinski definition) is 2. The number of nitrogens with zero attached hydrogens (tertiary/aromatic N) is 2. The molecular weight excluding hydrogens is 408 g/mol. The topological polar surface area (TPSA) is 91.2 Å². The van der Waals surface area contributed by atoms with Crippen LogP contribution in [0.15, 0.2) is 38.5 Å². The quantitative estimate of drug-likeness (QED) is 0.545. The van der Waals surface area contributed by atoms with E-state index in [-0.39, 0.29) is 18.3 Å². The van der Waals surface area contributed by atoms with Crippen LogP contribution in [0, 0.1) is 5.92 Å². The molecule has 1 amide bonds. The molecule has 1 aliphatic carbocycles. The van der Waals surface area contributed by atoms with Gasteiger partial charge in [-0.25, -0.2) is 4.79 Å². The van der Waals surface area contributed by atoms with Crippen LogP contribution < -0.4 is 11.1 Å². The third kappa shape index (κ3) is 5.57. The number of anilines is 1. The first-order chi connectivity index (χ1) is 14.0.